The van der Waals surface area contributed by atoms with E-state index < -0.39 is 12.3 Å². The highest BCUT2D eigenvalue weighted by Crippen LogP contribution is 2.21. The fourth-order valence-electron chi connectivity index (χ4n) is 1.98. The molecule has 1 amide bonds. The van der Waals surface area contributed by atoms with E-state index in [9.17, 15) is 13.6 Å². The highest BCUT2D eigenvalue weighted by Gasteiger charge is 2.18. The van der Waals surface area contributed by atoms with E-state index in [1.165, 1.54) is 18.5 Å². The summed E-state index contributed by atoms with van der Waals surface area (Å²) in [5.74, 6) is -0.488. The molecule has 24 heavy (non-hydrogen) atoms. The van der Waals surface area contributed by atoms with E-state index in [2.05, 4.69) is 35.2 Å². The summed E-state index contributed by atoms with van der Waals surface area (Å²) in [5.41, 5.74) is 0.855. The molecule has 2 aromatic heterocycles. The average molecular weight is 334 g/mol. The number of aromatic amines is 1. The molecular weight excluding hydrogens is 322 g/mol. The summed E-state index contributed by atoms with van der Waals surface area (Å²) in [5, 5.41) is 12.6. The van der Waals surface area contributed by atoms with Gasteiger partial charge in [-0.2, -0.15) is 18.9 Å². The van der Waals surface area contributed by atoms with Gasteiger partial charge in [0.2, 0.25) is 5.82 Å². The molecule has 0 spiro atoms. The molecule has 3 aromatic rings. The number of nitrogens with one attached hydrogen (secondary N) is 2. The fourth-order valence-corrected chi connectivity index (χ4v) is 1.98. The number of H-pyrrole nitrogens is 1. The van der Waals surface area contributed by atoms with Gasteiger partial charge in [0.15, 0.2) is 0 Å². The van der Waals surface area contributed by atoms with Crippen LogP contribution >= 0.6 is 0 Å². The molecule has 8 nitrogen and oxygen atoms in total. The number of nitrogens with zero attached hydrogens (tertiary/aromatic N) is 4. The summed E-state index contributed by atoms with van der Waals surface area (Å²) >= 11 is 0. The molecule has 0 aliphatic rings. The highest BCUT2D eigenvalue weighted by molar-refractivity contribution is 5.94. The zero-order chi connectivity index (χ0) is 17.1. The van der Waals surface area contributed by atoms with Crippen molar-refractivity contribution in [1.82, 2.24) is 30.6 Å². The van der Waals surface area contributed by atoms with E-state index in [-0.39, 0.29) is 17.8 Å². The Morgan fingerprint density at radius 2 is 2.04 bits per heavy atom. The van der Waals surface area contributed by atoms with E-state index in [1.807, 2.05) is 0 Å². The van der Waals surface area contributed by atoms with Crippen molar-refractivity contribution in [3.8, 4) is 11.4 Å². The Kier molecular flexibility index (Phi) is 4.27. The van der Waals surface area contributed by atoms with Crippen molar-refractivity contribution in [3.05, 3.63) is 47.9 Å². The van der Waals surface area contributed by atoms with Gasteiger partial charge < -0.3 is 9.84 Å². The quantitative estimate of drug-likeness (QED) is 0.741. The molecule has 124 valence electrons. The molecule has 1 aromatic carbocycles. The van der Waals surface area contributed by atoms with Gasteiger partial charge in [0.25, 0.3) is 11.8 Å². The number of halogens is 2. The summed E-state index contributed by atoms with van der Waals surface area (Å²) < 4.78 is 29.3. The number of hydrogen-bond donors (Lipinski definition) is 2. The molecule has 0 aliphatic heterocycles. The second-order valence-corrected chi connectivity index (χ2v) is 4.90. The maximum absolute atomic E-state index is 12.4. The Morgan fingerprint density at radius 3 is 2.62 bits per heavy atom. The van der Waals surface area contributed by atoms with E-state index in [0.29, 0.717) is 17.0 Å². The van der Waals surface area contributed by atoms with Crippen molar-refractivity contribution in [2.45, 2.75) is 19.4 Å². The second kappa shape index (κ2) is 6.52. The van der Waals surface area contributed by atoms with Gasteiger partial charge in [-0.1, -0.05) is 17.3 Å². The van der Waals surface area contributed by atoms with Gasteiger partial charge in [0.05, 0.1) is 6.04 Å². The number of carbonyl (C=O) groups is 1. The Hall–Kier alpha value is -3.17. The molecule has 0 bridgehead atoms. The van der Waals surface area contributed by atoms with Gasteiger partial charge in [-0.3, -0.25) is 9.89 Å². The summed E-state index contributed by atoms with van der Waals surface area (Å²) in [4.78, 5) is 19.7. The topological polar surface area (TPSA) is 110 Å². The molecule has 0 saturated carbocycles. The van der Waals surface area contributed by atoms with Crippen molar-refractivity contribution in [2.24, 2.45) is 0 Å². The molecule has 0 saturated heterocycles. The lowest BCUT2D eigenvalue weighted by molar-refractivity contribution is 0.0938. The predicted molar refractivity (Wildman–Crippen MR) is 77.0 cm³/mol. The van der Waals surface area contributed by atoms with Crippen molar-refractivity contribution >= 4 is 5.91 Å². The molecule has 2 N–H and O–H groups in total. The molecule has 3 rings (SSSR count). The smallest absolute Gasteiger partial charge is 0.315 e. The lowest BCUT2D eigenvalue weighted by atomic mass is 10.1. The van der Waals surface area contributed by atoms with Gasteiger partial charge >= 0.3 is 6.43 Å². The van der Waals surface area contributed by atoms with Crippen LogP contribution in [0.5, 0.6) is 0 Å². The molecule has 10 heteroatoms. The van der Waals surface area contributed by atoms with Crippen LogP contribution in [0.1, 0.15) is 41.5 Å². The lowest BCUT2D eigenvalue weighted by Crippen LogP contribution is -2.27. The van der Waals surface area contributed by atoms with Crippen molar-refractivity contribution in [3.63, 3.8) is 0 Å². The number of benzene rings is 1. The number of rotatable bonds is 5. The average Bonchev–Trinajstić information content (AvgIpc) is 3.26. The predicted octanol–water partition coefficient (Wildman–Crippen LogP) is 2.28. The first-order valence-corrected chi connectivity index (χ1v) is 6.93. The Morgan fingerprint density at radius 1 is 1.29 bits per heavy atom. The number of carbonyl (C=O) groups excluding carboxylic acids is 1. The Balaban J connectivity index is 1.70. The number of alkyl halides is 2. The van der Waals surface area contributed by atoms with Crippen molar-refractivity contribution in [1.29, 1.82) is 0 Å². The minimum atomic E-state index is -2.83. The standard InChI is InChI=1S/C14H12F2N6O2/c1-7(11-17-6-18-21-11)19-13(23)9-4-2-8(3-5-9)12-20-14(10(15)16)24-22-12/h2-7,10H,1H3,(H,19,23)(H,17,18,21)/t7-/m0/s1. The molecule has 0 unspecified atom stereocenters. The second-order valence-electron chi connectivity index (χ2n) is 4.90. The zero-order valence-corrected chi connectivity index (χ0v) is 12.4. The minimum absolute atomic E-state index is 0.0345. The highest BCUT2D eigenvalue weighted by atomic mass is 19.3. The minimum Gasteiger partial charge on any atom is -0.342 e. The van der Waals surface area contributed by atoms with Crippen LogP contribution in [-0.4, -0.2) is 31.2 Å². The first-order chi connectivity index (χ1) is 11.5. The summed E-state index contributed by atoms with van der Waals surface area (Å²) in [7, 11) is 0. The van der Waals surface area contributed by atoms with Crippen molar-refractivity contribution < 1.29 is 18.1 Å². The molecule has 2 heterocycles. The van der Waals surface area contributed by atoms with Crippen LogP contribution < -0.4 is 5.32 Å². The number of aromatic nitrogens is 5. The number of hydrogen-bond acceptors (Lipinski definition) is 6. The first-order valence-electron chi connectivity index (χ1n) is 6.93. The van der Waals surface area contributed by atoms with Gasteiger partial charge in [0, 0.05) is 11.1 Å². The van der Waals surface area contributed by atoms with Crippen LogP contribution in [0.25, 0.3) is 11.4 Å². The lowest BCUT2D eigenvalue weighted by Gasteiger charge is -2.11. The van der Waals surface area contributed by atoms with Crippen LogP contribution in [0.4, 0.5) is 8.78 Å². The largest absolute Gasteiger partial charge is 0.342 e. The van der Waals surface area contributed by atoms with Crippen LogP contribution in [0.2, 0.25) is 0 Å². The molecule has 0 radical (unpaired) electrons. The van der Waals surface area contributed by atoms with E-state index in [4.69, 9.17) is 0 Å². The third kappa shape index (κ3) is 3.26. The summed E-state index contributed by atoms with van der Waals surface area (Å²) in [6.45, 7) is 1.76. The maximum atomic E-state index is 12.4. The Bertz CT molecular complexity index is 816. The normalized spacial score (nSPS) is 12.3. The monoisotopic (exact) mass is 334 g/mol. The van der Waals surface area contributed by atoms with Crippen LogP contribution in [0.15, 0.2) is 35.1 Å². The molecule has 0 fully saturated rings. The summed E-state index contributed by atoms with van der Waals surface area (Å²) in [6.07, 6.45) is -1.47. The maximum Gasteiger partial charge on any atom is 0.315 e. The van der Waals surface area contributed by atoms with Gasteiger partial charge in [-0.05, 0) is 19.1 Å². The van der Waals surface area contributed by atoms with E-state index in [0.717, 1.165) is 0 Å². The molecular formula is C14H12F2N6O2. The SMILES string of the molecule is C[C@H](NC(=O)c1ccc(-c2noc(C(F)F)n2)cc1)c1ncn[nH]1. The van der Waals surface area contributed by atoms with Gasteiger partial charge in [0.1, 0.15) is 12.2 Å². The van der Waals surface area contributed by atoms with Gasteiger partial charge in [-0.15, -0.1) is 0 Å². The van der Waals surface area contributed by atoms with Gasteiger partial charge in [-0.25, -0.2) is 4.98 Å². The van der Waals surface area contributed by atoms with Crippen LogP contribution in [0.3, 0.4) is 0 Å². The summed E-state index contributed by atoms with van der Waals surface area (Å²) in [6, 6.07) is 5.83. The Labute approximate surface area is 134 Å². The van der Waals surface area contributed by atoms with Crippen LogP contribution in [-0.2, 0) is 0 Å². The van der Waals surface area contributed by atoms with Crippen molar-refractivity contribution in [2.75, 3.05) is 0 Å². The molecule has 0 aliphatic carbocycles. The first kappa shape index (κ1) is 15.7. The molecule has 1 atom stereocenters. The number of amides is 1. The zero-order valence-electron chi connectivity index (χ0n) is 12.4. The third-order valence-corrected chi connectivity index (χ3v) is 3.23. The van der Waals surface area contributed by atoms with E-state index >= 15 is 0 Å². The van der Waals surface area contributed by atoms with Crippen LogP contribution in [0, 0.1) is 0 Å². The van der Waals surface area contributed by atoms with E-state index in [1.54, 1.807) is 19.1 Å². The third-order valence-electron chi connectivity index (χ3n) is 3.23. The fraction of sp³-hybridized carbons (Fsp3) is 0.214.